The molecule has 110 valence electrons. The summed E-state index contributed by atoms with van der Waals surface area (Å²) in [7, 11) is 0. The monoisotopic (exact) mass is 278 g/mol. The van der Waals surface area contributed by atoms with Gasteiger partial charge in [0.25, 0.3) is 0 Å². The summed E-state index contributed by atoms with van der Waals surface area (Å²) in [5, 5.41) is 0. The number of benzene rings is 2. The van der Waals surface area contributed by atoms with Gasteiger partial charge in [-0.3, -0.25) is 0 Å². The molecule has 0 atom stereocenters. The van der Waals surface area contributed by atoms with Crippen LogP contribution in [0.3, 0.4) is 0 Å². The van der Waals surface area contributed by atoms with Crippen molar-refractivity contribution in [1.29, 1.82) is 0 Å². The van der Waals surface area contributed by atoms with Crippen molar-refractivity contribution in [3.63, 3.8) is 0 Å². The molecular formula is C21H26. The Morgan fingerprint density at radius 1 is 0.762 bits per heavy atom. The molecular weight excluding hydrogens is 252 g/mol. The fourth-order valence-electron chi connectivity index (χ4n) is 3.35. The highest BCUT2D eigenvalue weighted by Crippen LogP contribution is 2.43. The SMILES string of the molecule is CC/C(C)=C(/C)C(CC)(c1ccccc1)c1ccccc1. The molecule has 0 heteroatoms. The van der Waals surface area contributed by atoms with E-state index in [1.54, 1.807) is 0 Å². The van der Waals surface area contributed by atoms with Gasteiger partial charge in [0, 0.05) is 5.41 Å². The van der Waals surface area contributed by atoms with E-state index >= 15 is 0 Å². The lowest BCUT2D eigenvalue weighted by Crippen LogP contribution is -2.29. The smallest absolute Gasteiger partial charge is 0.0408 e. The molecule has 2 rings (SSSR count). The molecule has 21 heavy (non-hydrogen) atoms. The van der Waals surface area contributed by atoms with Gasteiger partial charge in [-0.05, 0) is 37.8 Å². The minimum absolute atomic E-state index is 0.0113. The summed E-state index contributed by atoms with van der Waals surface area (Å²) >= 11 is 0. The predicted molar refractivity (Wildman–Crippen MR) is 92.6 cm³/mol. The summed E-state index contributed by atoms with van der Waals surface area (Å²) < 4.78 is 0. The quantitative estimate of drug-likeness (QED) is 0.577. The number of rotatable bonds is 5. The highest BCUT2D eigenvalue weighted by Gasteiger charge is 2.34. The Morgan fingerprint density at radius 2 is 1.19 bits per heavy atom. The second kappa shape index (κ2) is 6.76. The third-order valence-corrected chi connectivity index (χ3v) is 4.87. The first-order valence-electron chi connectivity index (χ1n) is 7.94. The van der Waals surface area contributed by atoms with Crippen LogP contribution in [0.1, 0.15) is 51.7 Å². The minimum Gasteiger partial charge on any atom is -0.0734 e. The van der Waals surface area contributed by atoms with Crippen LogP contribution in [0.5, 0.6) is 0 Å². The van der Waals surface area contributed by atoms with Crippen molar-refractivity contribution in [2.45, 2.75) is 46.0 Å². The Balaban J connectivity index is 2.75. The molecule has 0 spiro atoms. The van der Waals surface area contributed by atoms with Gasteiger partial charge in [0.2, 0.25) is 0 Å². The third-order valence-electron chi connectivity index (χ3n) is 4.87. The lowest BCUT2D eigenvalue weighted by atomic mass is 9.66. The second-order valence-electron chi connectivity index (χ2n) is 5.75. The average molecular weight is 278 g/mol. The average Bonchev–Trinajstić information content (AvgIpc) is 2.57. The summed E-state index contributed by atoms with van der Waals surface area (Å²) in [6.45, 7) is 9.12. The molecule has 0 heterocycles. The molecule has 0 aliphatic rings. The Labute approximate surface area is 129 Å². The molecule has 2 aromatic carbocycles. The minimum atomic E-state index is -0.0113. The van der Waals surface area contributed by atoms with E-state index in [4.69, 9.17) is 0 Å². The summed E-state index contributed by atoms with van der Waals surface area (Å²) in [4.78, 5) is 0. The molecule has 0 N–H and O–H groups in total. The lowest BCUT2D eigenvalue weighted by Gasteiger charge is -2.37. The molecule has 0 bridgehead atoms. The van der Waals surface area contributed by atoms with Gasteiger partial charge in [0.05, 0.1) is 0 Å². The Bertz CT molecular complexity index is 551. The first kappa shape index (κ1) is 15.6. The Kier molecular flexibility index (Phi) is 5.01. The molecule has 0 amide bonds. The highest BCUT2D eigenvalue weighted by atomic mass is 14.4. The van der Waals surface area contributed by atoms with Crippen LogP contribution >= 0.6 is 0 Å². The van der Waals surface area contributed by atoms with Crippen LogP contribution in [0.25, 0.3) is 0 Å². The summed E-state index contributed by atoms with van der Waals surface area (Å²) in [6, 6.07) is 21.9. The molecule has 0 aliphatic carbocycles. The molecule has 0 fully saturated rings. The van der Waals surface area contributed by atoms with Gasteiger partial charge >= 0.3 is 0 Å². The standard InChI is InChI=1S/C21H26/c1-5-17(3)18(4)21(6-2,19-13-9-7-10-14-19)20-15-11-8-12-16-20/h7-16H,5-6H2,1-4H3/b18-17-. The van der Waals surface area contributed by atoms with Crippen LogP contribution in [-0.2, 0) is 5.41 Å². The molecule has 0 saturated carbocycles. The van der Waals surface area contributed by atoms with E-state index in [0.717, 1.165) is 12.8 Å². The van der Waals surface area contributed by atoms with Crippen LogP contribution in [-0.4, -0.2) is 0 Å². The molecule has 0 unspecified atom stereocenters. The zero-order valence-electron chi connectivity index (χ0n) is 13.7. The van der Waals surface area contributed by atoms with E-state index in [9.17, 15) is 0 Å². The first-order valence-corrected chi connectivity index (χ1v) is 7.94. The van der Waals surface area contributed by atoms with Crippen molar-refractivity contribution in [2.24, 2.45) is 0 Å². The van der Waals surface area contributed by atoms with Crippen molar-refractivity contribution < 1.29 is 0 Å². The molecule has 0 saturated heterocycles. The normalized spacial score (nSPS) is 13.0. The van der Waals surface area contributed by atoms with Crippen LogP contribution in [0, 0.1) is 0 Å². The van der Waals surface area contributed by atoms with Gasteiger partial charge in [-0.2, -0.15) is 0 Å². The van der Waals surface area contributed by atoms with Crippen LogP contribution in [0.4, 0.5) is 0 Å². The van der Waals surface area contributed by atoms with Gasteiger partial charge in [0.15, 0.2) is 0 Å². The van der Waals surface area contributed by atoms with Crippen LogP contribution < -0.4 is 0 Å². The third kappa shape index (κ3) is 2.81. The van der Waals surface area contributed by atoms with Gasteiger partial charge < -0.3 is 0 Å². The topological polar surface area (TPSA) is 0 Å². The van der Waals surface area contributed by atoms with E-state index in [1.807, 2.05) is 0 Å². The van der Waals surface area contributed by atoms with Gasteiger partial charge in [0.1, 0.15) is 0 Å². The van der Waals surface area contributed by atoms with Crippen molar-refractivity contribution in [1.82, 2.24) is 0 Å². The van der Waals surface area contributed by atoms with E-state index in [-0.39, 0.29) is 5.41 Å². The predicted octanol–water partition coefficient (Wildman–Crippen LogP) is 6.13. The molecule has 0 aliphatic heterocycles. The summed E-state index contributed by atoms with van der Waals surface area (Å²) in [5.74, 6) is 0. The lowest BCUT2D eigenvalue weighted by molar-refractivity contribution is 0.571. The van der Waals surface area contributed by atoms with Crippen molar-refractivity contribution in [3.05, 3.63) is 82.9 Å². The first-order chi connectivity index (χ1) is 10.2. The van der Waals surface area contributed by atoms with E-state index in [1.165, 1.54) is 22.3 Å². The summed E-state index contributed by atoms with van der Waals surface area (Å²) in [6.07, 6.45) is 2.18. The van der Waals surface area contributed by atoms with Crippen molar-refractivity contribution in [2.75, 3.05) is 0 Å². The van der Waals surface area contributed by atoms with Crippen molar-refractivity contribution >= 4 is 0 Å². The largest absolute Gasteiger partial charge is 0.0734 e. The molecule has 0 aromatic heterocycles. The van der Waals surface area contributed by atoms with Gasteiger partial charge in [-0.1, -0.05) is 85.7 Å². The maximum Gasteiger partial charge on any atom is 0.0408 e. The molecule has 2 aromatic rings. The van der Waals surface area contributed by atoms with Gasteiger partial charge in [-0.15, -0.1) is 0 Å². The van der Waals surface area contributed by atoms with E-state index in [0.29, 0.717) is 0 Å². The Morgan fingerprint density at radius 3 is 1.52 bits per heavy atom. The van der Waals surface area contributed by atoms with Gasteiger partial charge in [-0.25, -0.2) is 0 Å². The highest BCUT2D eigenvalue weighted by molar-refractivity contribution is 5.49. The van der Waals surface area contributed by atoms with E-state index in [2.05, 4.69) is 88.4 Å². The zero-order valence-corrected chi connectivity index (χ0v) is 13.7. The maximum atomic E-state index is 2.31. The number of allylic oxidation sites excluding steroid dienone is 2. The fourth-order valence-corrected chi connectivity index (χ4v) is 3.35. The van der Waals surface area contributed by atoms with Crippen LogP contribution in [0.2, 0.25) is 0 Å². The van der Waals surface area contributed by atoms with Crippen molar-refractivity contribution in [3.8, 4) is 0 Å². The maximum absolute atomic E-state index is 2.31. The molecule has 0 radical (unpaired) electrons. The summed E-state index contributed by atoms with van der Waals surface area (Å²) in [5.41, 5.74) is 5.75. The van der Waals surface area contributed by atoms with E-state index < -0.39 is 0 Å². The van der Waals surface area contributed by atoms with Crippen LogP contribution in [0.15, 0.2) is 71.8 Å². The molecule has 0 nitrogen and oxygen atoms in total. The Hall–Kier alpha value is -1.82. The number of hydrogen-bond acceptors (Lipinski definition) is 0. The zero-order chi connectivity index (χ0) is 15.3. The fraction of sp³-hybridized carbons (Fsp3) is 0.333. The number of hydrogen-bond donors (Lipinski definition) is 0. The second-order valence-corrected chi connectivity index (χ2v) is 5.75.